The maximum absolute atomic E-state index is 5.82. The molecule has 4 rings (SSSR count). The Labute approximate surface area is 156 Å². The van der Waals surface area contributed by atoms with E-state index in [9.17, 15) is 0 Å². The molecular weight excluding hydrogens is 337 g/mol. The van der Waals surface area contributed by atoms with Crippen LogP contribution in [0.3, 0.4) is 0 Å². The monoisotopic (exact) mass is 359 g/mol. The first-order valence-corrected chi connectivity index (χ1v) is 9.42. The third-order valence-corrected chi connectivity index (χ3v) is 5.38. The predicted octanol–water partition coefficient (Wildman–Crippen LogP) is 5.69. The number of methoxy groups -OCH3 is 1. The van der Waals surface area contributed by atoms with E-state index < -0.39 is 0 Å². The average molecular weight is 359 g/mol. The van der Waals surface area contributed by atoms with Gasteiger partial charge in [0.25, 0.3) is 0 Å². The van der Waals surface area contributed by atoms with E-state index >= 15 is 0 Å². The van der Waals surface area contributed by atoms with Crippen LogP contribution in [0.15, 0.2) is 60.8 Å². The molecule has 1 aromatic heterocycles. The Hall–Kier alpha value is -2.44. The summed E-state index contributed by atoms with van der Waals surface area (Å²) in [6.07, 6.45) is 1.89. The largest absolute Gasteiger partial charge is 0.495 e. The topological polar surface area (TPSA) is 22.1 Å². The minimum atomic E-state index is 0.491. The van der Waals surface area contributed by atoms with Crippen molar-refractivity contribution < 1.29 is 4.74 Å². The zero-order chi connectivity index (χ0) is 18.3. The smallest absolute Gasteiger partial charge is 0.136 e. The average Bonchev–Trinajstić information content (AvgIpc) is 2.66. The Bertz CT molecular complexity index is 1120. The van der Waals surface area contributed by atoms with E-state index in [0.29, 0.717) is 5.92 Å². The van der Waals surface area contributed by atoms with Crippen molar-refractivity contribution >= 4 is 36.1 Å². The van der Waals surface area contributed by atoms with Crippen molar-refractivity contribution in [3.05, 3.63) is 66.4 Å². The molecule has 3 heteroatoms. The zero-order valence-corrected chi connectivity index (χ0v) is 16.4. The van der Waals surface area contributed by atoms with Gasteiger partial charge in [-0.2, -0.15) is 0 Å². The number of nitrogens with zero attached hydrogens (tertiary/aromatic N) is 1. The Morgan fingerprint density at radius 1 is 0.962 bits per heavy atom. The van der Waals surface area contributed by atoms with Gasteiger partial charge in [0.2, 0.25) is 0 Å². The highest BCUT2D eigenvalue weighted by Crippen LogP contribution is 2.38. The summed E-state index contributed by atoms with van der Waals surface area (Å²) in [6.45, 7) is 4.44. The lowest BCUT2D eigenvalue weighted by Gasteiger charge is -2.16. The number of aromatic nitrogens is 1. The van der Waals surface area contributed by atoms with Crippen LogP contribution in [-0.4, -0.2) is 12.1 Å². The Balaban J connectivity index is 2.05. The van der Waals surface area contributed by atoms with Gasteiger partial charge < -0.3 is 4.74 Å². The van der Waals surface area contributed by atoms with E-state index in [0.717, 1.165) is 27.8 Å². The van der Waals surface area contributed by atoms with Crippen molar-refractivity contribution in [1.82, 2.24) is 4.98 Å². The van der Waals surface area contributed by atoms with Gasteiger partial charge in [0, 0.05) is 22.5 Å². The normalized spacial score (nSPS) is 11.4. The molecule has 0 fully saturated rings. The maximum Gasteiger partial charge on any atom is 0.136 e. The molecule has 1 unspecified atom stereocenters. The lowest BCUT2D eigenvalue weighted by Crippen LogP contribution is -2.02. The molecule has 4 aromatic rings. The molecule has 0 spiro atoms. The fourth-order valence-corrected chi connectivity index (χ4v) is 4.06. The first-order chi connectivity index (χ1) is 12.6. The second-order valence-corrected chi connectivity index (χ2v) is 7.51. The van der Waals surface area contributed by atoms with Gasteiger partial charge in [-0.15, -0.1) is 9.24 Å². The van der Waals surface area contributed by atoms with Crippen LogP contribution in [0, 0.1) is 0 Å². The first-order valence-electron chi connectivity index (χ1n) is 8.84. The molecule has 0 saturated heterocycles. The maximum atomic E-state index is 5.82. The van der Waals surface area contributed by atoms with Crippen molar-refractivity contribution in [3.63, 3.8) is 0 Å². The van der Waals surface area contributed by atoms with E-state index in [4.69, 9.17) is 9.72 Å². The molecule has 0 aliphatic rings. The number of rotatable bonds is 3. The molecule has 26 heavy (non-hydrogen) atoms. The molecule has 1 atom stereocenters. The molecule has 3 aromatic carbocycles. The summed E-state index contributed by atoms with van der Waals surface area (Å²) in [4.78, 5) is 4.73. The third kappa shape index (κ3) is 2.75. The summed E-state index contributed by atoms with van der Waals surface area (Å²) >= 11 is 0. The molecule has 2 nitrogen and oxygen atoms in total. The Morgan fingerprint density at radius 3 is 2.54 bits per heavy atom. The van der Waals surface area contributed by atoms with Gasteiger partial charge in [-0.1, -0.05) is 56.3 Å². The van der Waals surface area contributed by atoms with Crippen molar-refractivity contribution in [2.24, 2.45) is 0 Å². The molecule has 0 aliphatic heterocycles. The summed E-state index contributed by atoms with van der Waals surface area (Å²) in [6, 6.07) is 19.2. The Morgan fingerprint density at radius 2 is 1.77 bits per heavy atom. The van der Waals surface area contributed by atoms with Gasteiger partial charge >= 0.3 is 0 Å². The van der Waals surface area contributed by atoms with Crippen LogP contribution < -0.4 is 10.0 Å². The van der Waals surface area contributed by atoms with Gasteiger partial charge in [-0.05, 0) is 39.7 Å². The van der Waals surface area contributed by atoms with Crippen LogP contribution in [0.5, 0.6) is 5.75 Å². The number of pyridine rings is 1. The van der Waals surface area contributed by atoms with Crippen molar-refractivity contribution in [3.8, 4) is 17.0 Å². The summed E-state index contributed by atoms with van der Waals surface area (Å²) in [5.74, 6) is 1.37. The Kier molecular flexibility index (Phi) is 4.38. The molecule has 0 amide bonds. The minimum Gasteiger partial charge on any atom is -0.495 e. The molecule has 0 bridgehead atoms. The molecule has 1 heterocycles. The van der Waals surface area contributed by atoms with Crippen LogP contribution in [0.1, 0.15) is 25.3 Å². The molecule has 0 N–H and O–H groups in total. The minimum absolute atomic E-state index is 0.491. The van der Waals surface area contributed by atoms with Gasteiger partial charge in [0.1, 0.15) is 5.75 Å². The van der Waals surface area contributed by atoms with Gasteiger partial charge in [-0.25, -0.2) is 0 Å². The van der Waals surface area contributed by atoms with E-state index in [-0.39, 0.29) is 0 Å². The molecular formula is C23H22NOP. The number of benzene rings is 3. The number of hydrogen-bond acceptors (Lipinski definition) is 2. The second kappa shape index (κ2) is 6.70. The van der Waals surface area contributed by atoms with Crippen LogP contribution >= 0.6 is 9.24 Å². The van der Waals surface area contributed by atoms with E-state index in [1.165, 1.54) is 21.6 Å². The SMILES string of the molecule is COc1c(-c2nccc3cc(C(C)C)cc(P)c23)ccc2ccccc12. The summed E-state index contributed by atoms with van der Waals surface area (Å²) in [7, 11) is 4.62. The highest BCUT2D eigenvalue weighted by molar-refractivity contribution is 7.28. The molecule has 0 aliphatic carbocycles. The zero-order valence-electron chi connectivity index (χ0n) is 15.3. The van der Waals surface area contributed by atoms with Crippen LogP contribution in [0.4, 0.5) is 0 Å². The van der Waals surface area contributed by atoms with Crippen LogP contribution in [0.2, 0.25) is 0 Å². The first kappa shape index (κ1) is 17.0. The van der Waals surface area contributed by atoms with Crippen molar-refractivity contribution in [2.45, 2.75) is 19.8 Å². The van der Waals surface area contributed by atoms with E-state index in [2.05, 4.69) is 65.6 Å². The lowest BCUT2D eigenvalue weighted by molar-refractivity contribution is 0.421. The second-order valence-electron chi connectivity index (χ2n) is 6.89. The molecule has 130 valence electrons. The van der Waals surface area contributed by atoms with Crippen LogP contribution in [-0.2, 0) is 0 Å². The standard InChI is InChI=1S/C23H22NOP/c1-14(2)17-12-16-10-11-24-22(21(16)20(26)13-17)19-9-8-15-6-4-5-7-18(15)23(19)25-3/h4-14H,26H2,1-3H3. The number of fused-ring (bicyclic) bond motifs is 2. The summed E-state index contributed by atoms with van der Waals surface area (Å²) < 4.78 is 5.82. The summed E-state index contributed by atoms with van der Waals surface area (Å²) in [5.41, 5.74) is 3.33. The van der Waals surface area contributed by atoms with Crippen molar-refractivity contribution in [2.75, 3.05) is 7.11 Å². The fourth-order valence-electron chi connectivity index (χ4n) is 3.56. The highest BCUT2D eigenvalue weighted by Gasteiger charge is 2.16. The number of ether oxygens (including phenoxy) is 1. The summed E-state index contributed by atoms with van der Waals surface area (Å²) in [5, 5.41) is 5.82. The van der Waals surface area contributed by atoms with Gasteiger partial charge in [0.15, 0.2) is 0 Å². The van der Waals surface area contributed by atoms with E-state index in [1.54, 1.807) is 7.11 Å². The molecule has 0 radical (unpaired) electrons. The van der Waals surface area contributed by atoms with Crippen molar-refractivity contribution in [1.29, 1.82) is 0 Å². The lowest BCUT2D eigenvalue weighted by atomic mass is 9.95. The third-order valence-electron chi connectivity index (χ3n) is 4.92. The quantitative estimate of drug-likeness (QED) is 0.439. The van der Waals surface area contributed by atoms with E-state index in [1.807, 2.05) is 18.3 Å². The fraction of sp³-hybridized carbons (Fsp3) is 0.174. The molecule has 0 saturated carbocycles. The van der Waals surface area contributed by atoms with Gasteiger partial charge in [-0.3, -0.25) is 4.98 Å². The van der Waals surface area contributed by atoms with Gasteiger partial charge in [0.05, 0.1) is 12.8 Å². The predicted molar refractivity (Wildman–Crippen MR) is 115 cm³/mol. The van der Waals surface area contributed by atoms with Crippen LogP contribution in [0.25, 0.3) is 32.8 Å². The number of hydrogen-bond donors (Lipinski definition) is 0. The highest BCUT2D eigenvalue weighted by atomic mass is 31.0.